The molecule has 7 heteroatoms. The second-order valence-electron chi connectivity index (χ2n) is 4.33. The van der Waals surface area contributed by atoms with Gasteiger partial charge < -0.3 is 0 Å². The summed E-state index contributed by atoms with van der Waals surface area (Å²) in [5, 5.41) is 4.63. The van der Waals surface area contributed by atoms with Crippen molar-refractivity contribution in [2.75, 3.05) is 0 Å². The van der Waals surface area contributed by atoms with Crippen molar-refractivity contribution < 1.29 is 0 Å². The van der Waals surface area contributed by atoms with E-state index in [1.807, 2.05) is 46.3 Å². The summed E-state index contributed by atoms with van der Waals surface area (Å²) in [6.45, 7) is 0. The molecule has 0 atom stereocenters. The van der Waals surface area contributed by atoms with Crippen molar-refractivity contribution in [3.8, 4) is 11.4 Å². The van der Waals surface area contributed by atoms with E-state index in [2.05, 4.69) is 51.2 Å². The van der Waals surface area contributed by atoms with Crippen LogP contribution in [-0.4, -0.2) is 39.2 Å². The Morgan fingerprint density at radius 3 is 1.57 bits per heavy atom. The van der Waals surface area contributed by atoms with Crippen LogP contribution in [0.25, 0.3) is 11.4 Å². The fourth-order valence-corrected chi connectivity index (χ4v) is 5.69. The van der Waals surface area contributed by atoms with Crippen LogP contribution in [0, 0.1) is 0 Å². The molecule has 0 unspecified atom stereocenters. The van der Waals surface area contributed by atoms with Gasteiger partial charge in [-0.25, -0.2) is 0 Å². The molecule has 0 aliphatic rings. The quantitative estimate of drug-likeness (QED) is 0.427. The first kappa shape index (κ1) is 17.7. The molecular weight excluding hydrogens is 407 g/mol. The van der Waals surface area contributed by atoms with Gasteiger partial charge in [-0.05, 0) is 24.3 Å². The second kappa shape index (κ2) is 9.60. The van der Waals surface area contributed by atoms with Crippen molar-refractivity contribution >= 4 is 53.7 Å². The van der Waals surface area contributed by atoms with E-state index in [1.165, 1.54) is 0 Å². The first-order chi connectivity index (χ1) is 10.1. The molecule has 0 fully saturated rings. The van der Waals surface area contributed by atoms with Crippen molar-refractivity contribution in [1.82, 2.24) is 9.97 Å². The SMILES string of the molecule is [CH3][Sn]([CH3])([N]=C=S)[N]=C=S.c1ccc(-c2ccccn2)nc1. The Morgan fingerprint density at radius 2 is 1.29 bits per heavy atom. The average Bonchev–Trinajstić information content (AvgIpc) is 2.49. The topological polar surface area (TPSA) is 50.5 Å². The molecule has 2 aromatic heterocycles. The van der Waals surface area contributed by atoms with Crippen molar-refractivity contribution in [2.24, 2.45) is 6.43 Å². The van der Waals surface area contributed by atoms with Gasteiger partial charge >= 0.3 is 70.0 Å². The monoisotopic (exact) mass is 422 g/mol. The average molecular weight is 421 g/mol. The van der Waals surface area contributed by atoms with Crippen molar-refractivity contribution in [3.05, 3.63) is 48.8 Å². The van der Waals surface area contributed by atoms with Crippen LogP contribution in [0.15, 0.2) is 55.2 Å². The van der Waals surface area contributed by atoms with Gasteiger partial charge in [0.05, 0.1) is 11.4 Å². The molecule has 2 rings (SSSR count). The Hall–Kier alpha value is -1.30. The predicted octanol–water partition coefficient (Wildman–Crippen LogP) is 4.04. The molecule has 0 saturated carbocycles. The molecule has 21 heavy (non-hydrogen) atoms. The molecule has 0 aliphatic carbocycles. The van der Waals surface area contributed by atoms with Crippen LogP contribution in [0.3, 0.4) is 0 Å². The number of isothiocyanates is 2. The van der Waals surface area contributed by atoms with E-state index in [1.54, 1.807) is 12.4 Å². The van der Waals surface area contributed by atoms with Gasteiger partial charge in [0.15, 0.2) is 0 Å². The number of aromatic nitrogens is 2. The molecule has 0 bridgehead atoms. The Bertz CT molecular complexity index is 592. The predicted molar refractivity (Wildman–Crippen MR) is 95.0 cm³/mol. The maximum absolute atomic E-state index is 4.43. The molecule has 2 aromatic rings. The Labute approximate surface area is 139 Å². The smallest absolute Gasteiger partial charge is 0.0886 e. The summed E-state index contributed by atoms with van der Waals surface area (Å²) in [5.41, 5.74) is 1.83. The van der Waals surface area contributed by atoms with Gasteiger partial charge in [0.1, 0.15) is 0 Å². The van der Waals surface area contributed by atoms with Gasteiger partial charge in [-0.3, -0.25) is 9.97 Å². The van der Waals surface area contributed by atoms with Crippen LogP contribution in [0.5, 0.6) is 0 Å². The van der Waals surface area contributed by atoms with Gasteiger partial charge in [-0.15, -0.1) is 0 Å². The van der Waals surface area contributed by atoms with E-state index < -0.39 is 18.9 Å². The van der Waals surface area contributed by atoms with Gasteiger partial charge in [-0.2, -0.15) is 0 Å². The number of nitrogens with zero attached hydrogens (tertiary/aromatic N) is 4. The first-order valence-corrected chi connectivity index (χ1v) is 15.2. The molecule has 0 amide bonds. The Kier molecular flexibility index (Phi) is 8.12. The molecule has 0 aromatic carbocycles. The van der Waals surface area contributed by atoms with Gasteiger partial charge in [0.2, 0.25) is 0 Å². The number of pyridine rings is 2. The number of thiocarbonyl (C=S) groups is 2. The van der Waals surface area contributed by atoms with E-state index in [-0.39, 0.29) is 0 Å². The van der Waals surface area contributed by atoms with Gasteiger partial charge in [-0.1, -0.05) is 12.1 Å². The van der Waals surface area contributed by atoms with Crippen molar-refractivity contribution in [1.29, 1.82) is 0 Å². The summed E-state index contributed by atoms with van der Waals surface area (Å²) in [7, 11) is 0. The third-order valence-corrected chi connectivity index (χ3v) is 7.10. The summed E-state index contributed by atoms with van der Waals surface area (Å²) >= 11 is 6.31. The number of rotatable bonds is 3. The summed E-state index contributed by atoms with van der Waals surface area (Å²) in [4.78, 5) is 12.3. The van der Waals surface area contributed by atoms with E-state index >= 15 is 0 Å². The largest absolute Gasteiger partial charge is 0.255 e. The van der Waals surface area contributed by atoms with Gasteiger partial charge in [0, 0.05) is 12.4 Å². The Morgan fingerprint density at radius 1 is 0.857 bits per heavy atom. The normalized spacial score (nSPS) is 9.43. The van der Waals surface area contributed by atoms with Crippen LogP contribution < -0.4 is 0 Å². The number of hydrogen-bond donors (Lipinski definition) is 0. The standard InChI is InChI=1S/C10H8N2.2CNS.2CH3.Sn/c1-3-7-11-9(5-1)10-6-2-4-8-12-10;2*2-1-3;;;/h1-8H;;;2*1H3;/q;2*-1;;;+2. The second-order valence-corrected chi connectivity index (χ2v) is 14.5. The molecule has 2 heterocycles. The van der Waals surface area contributed by atoms with E-state index in [0.717, 1.165) is 11.4 Å². The summed E-state index contributed by atoms with van der Waals surface area (Å²) in [6, 6.07) is 11.6. The molecule has 0 aliphatic heterocycles. The molecule has 0 spiro atoms. The summed E-state index contributed by atoms with van der Waals surface area (Å²) in [6.07, 6.45) is 3.54. The van der Waals surface area contributed by atoms with Crippen LogP contribution >= 0.6 is 24.4 Å². The van der Waals surface area contributed by atoms with Crippen molar-refractivity contribution in [2.45, 2.75) is 9.88 Å². The fourth-order valence-electron chi connectivity index (χ4n) is 1.28. The van der Waals surface area contributed by atoms with Crippen LogP contribution in [0.4, 0.5) is 0 Å². The zero-order valence-electron chi connectivity index (χ0n) is 11.7. The molecule has 0 N–H and O–H groups in total. The van der Waals surface area contributed by atoms with Crippen LogP contribution in [0.1, 0.15) is 0 Å². The van der Waals surface area contributed by atoms with E-state index in [4.69, 9.17) is 0 Å². The maximum atomic E-state index is 4.43. The Balaban J connectivity index is 0.000000222. The minimum atomic E-state index is -2.55. The maximum Gasteiger partial charge on any atom is 0.0886 e. The zero-order chi connectivity index (χ0) is 15.6. The molecule has 106 valence electrons. The molecular formula is C14H14N4S2Sn. The third kappa shape index (κ3) is 7.31. The van der Waals surface area contributed by atoms with Crippen molar-refractivity contribution in [3.63, 3.8) is 0 Å². The minimum absolute atomic E-state index is 0.915. The first-order valence-electron chi connectivity index (χ1n) is 6.09. The fraction of sp³-hybridized carbons (Fsp3) is 0.143. The molecule has 0 radical (unpaired) electrons. The van der Waals surface area contributed by atoms with Crippen LogP contribution in [-0.2, 0) is 0 Å². The van der Waals surface area contributed by atoms with Crippen LogP contribution in [0.2, 0.25) is 9.88 Å². The molecule has 4 nitrogen and oxygen atoms in total. The third-order valence-electron chi connectivity index (χ3n) is 2.23. The minimum Gasteiger partial charge on any atom is -0.255 e. The zero-order valence-corrected chi connectivity index (χ0v) is 16.2. The number of hydrogen-bond acceptors (Lipinski definition) is 6. The molecule has 0 saturated heterocycles. The van der Waals surface area contributed by atoms with Gasteiger partial charge in [0.25, 0.3) is 0 Å². The van der Waals surface area contributed by atoms with E-state index in [0.29, 0.717) is 0 Å². The summed E-state index contributed by atoms with van der Waals surface area (Å²) < 4.78 is 7.85. The summed E-state index contributed by atoms with van der Waals surface area (Å²) in [5.74, 6) is 0. The van der Waals surface area contributed by atoms with E-state index in [9.17, 15) is 0 Å².